The third-order valence-electron chi connectivity index (χ3n) is 4.59. The van der Waals surface area contributed by atoms with Crippen LogP contribution in [0.3, 0.4) is 0 Å². The Morgan fingerprint density at radius 3 is 2.60 bits per heavy atom. The molecule has 0 bridgehead atoms. The molecule has 1 unspecified atom stereocenters. The molecule has 5 nitrogen and oxygen atoms in total. The van der Waals surface area contributed by atoms with Crippen LogP contribution >= 0.6 is 0 Å². The Morgan fingerprint density at radius 1 is 1.16 bits per heavy atom. The van der Waals surface area contributed by atoms with Crippen LogP contribution in [-0.4, -0.2) is 28.0 Å². The predicted octanol–water partition coefficient (Wildman–Crippen LogP) is 3.96. The molecule has 0 radical (unpaired) electrons. The van der Waals surface area contributed by atoms with Gasteiger partial charge in [0, 0.05) is 24.9 Å². The summed E-state index contributed by atoms with van der Waals surface area (Å²) in [7, 11) is 1.81. The quantitative estimate of drug-likeness (QED) is 0.709. The summed E-state index contributed by atoms with van der Waals surface area (Å²) in [5.41, 5.74) is 2.51. The molecule has 126 valence electrons. The number of carbonyl (C=O) groups is 1. The smallest absolute Gasteiger partial charge is 0.292 e. The van der Waals surface area contributed by atoms with Crippen molar-refractivity contribution in [2.24, 2.45) is 5.92 Å². The van der Waals surface area contributed by atoms with Crippen molar-refractivity contribution in [2.45, 2.75) is 18.9 Å². The van der Waals surface area contributed by atoms with Gasteiger partial charge in [-0.05, 0) is 30.9 Å². The van der Waals surface area contributed by atoms with Crippen LogP contribution in [0.25, 0.3) is 11.3 Å². The fourth-order valence-electron chi connectivity index (χ4n) is 3.14. The minimum atomic E-state index is -0.169. The average molecular weight is 333 g/mol. The number of hydrogen-bond acceptors (Lipinski definition) is 4. The van der Waals surface area contributed by atoms with Gasteiger partial charge in [0.15, 0.2) is 0 Å². The maximum Gasteiger partial charge on any atom is 0.292 e. The predicted molar refractivity (Wildman–Crippen MR) is 93.7 cm³/mol. The molecule has 5 heteroatoms. The number of amides is 1. The lowest BCUT2D eigenvalue weighted by Crippen LogP contribution is -2.32. The van der Waals surface area contributed by atoms with Crippen molar-refractivity contribution in [2.75, 3.05) is 7.05 Å². The number of benzene rings is 1. The monoisotopic (exact) mass is 333 g/mol. The summed E-state index contributed by atoms with van der Waals surface area (Å²) in [6.45, 7) is 0. The number of hydrogen-bond donors (Lipinski definition) is 0. The first kappa shape index (κ1) is 15.6. The summed E-state index contributed by atoms with van der Waals surface area (Å²) in [5.74, 6) is 0.542. The summed E-state index contributed by atoms with van der Waals surface area (Å²) >= 11 is 0. The Morgan fingerprint density at radius 2 is 1.92 bits per heavy atom. The standard InChI is InChI=1S/C20H19N3O2/c1-23(19(15-10-11-15)16-9-5-6-12-21-16)20(24)18-13-17(22-25-18)14-7-3-2-4-8-14/h2-9,12-13,15,19H,10-11H2,1H3. The van der Waals surface area contributed by atoms with Gasteiger partial charge in [0.05, 0.1) is 11.7 Å². The van der Waals surface area contributed by atoms with Crippen LogP contribution < -0.4 is 0 Å². The first-order valence-electron chi connectivity index (χ1n) is 8.44. The molecule has 2 heterocycles. The lowest BCUT2D eigenvalue weighted by molar-refractivity contribution is 0.0665. The average Bonchev–Trinajstić information content (AvgIpc) is 3.37. The molecule has 3 aromatic rings. The lowest BCUT2D eigenvalue weighted by Gasteiger charge is -2.26. The van der Waals surface area contributed by atoms with Crippen LogP contribution in [0.4, 0.5) is 0 Å². The van der Waals surface area contributed by atoms with Crippen molar-refractivity contribution in [1.29, 1.82) is 0 Å². The van der Waals surface area contributed by atoms with E-state index in [4.69, 9.17) is 4.52 Å². The summed E-state index contributed by atoms with van der Waals surface area (Å²) in [6.07, 6.45) is 4.00. The van der Waals surface area contributed by atoms with Gasteiger partial charge in [0.1, 0.15) is 5.69 Å². The van der Waals surface area contributed by atoms with Crippen LogP contribution in [0.2, 0.25) is 0 Å². The first-order chi connectivity index (χ1) is 12.2. The Hall–Kier alpha value is -2.95. The van der Waals surface area contributed by atoms with Crippen molar-refractivity contribution in [3.8, 4) is 11.3 Å². The van der Waals surface area contributed by atoms with E-state index in [1.54, 1.807) is 17.2 Å². The molecule has 1 fully saturated rings. The fraction of sp³-hybridized carbons (Fsp3) is 0.250. The van der Waals surface area contributed by atoms with Gasteiger partial charge in [-0.25, -0.2) is 0 Å². The zero-order valence-electron chi connectivity index (χ0n) is 14.0. The van der Waals surface area contributed by atoms with E-state index in [9.17, 15) is 4.79 Å². The minimum absolute atomic E-state index is 0.0287. The van der Waals surface area contributed by atoms with Crippen molar-refractivity contribution in [3.05, 3.63) is 72.2 Å². The molecule has 0 saturated heterocycles. The highest BCUT2D eigenvalue weighted by molar-refractivity contribution is 5.92. The molecular formula is C20H19N3O2. The van der Waals surface area contributed by atoms with Crippen molar-refractivity contribution >= 4 is 5.91 Å². The maximum atomic E-state index is 12.9. The molecule has 1 aliphatic carbocycles. The summed E-state index contributed by atoms with van der Waals surface area (Å²) in [4.78, 5) is 19.1. The van der Waals surface area contributed by atoms with Gasteiger partial charge in [-0.15, -0.1) is 0 Å². The van der Waals surface area contributed by atoms with Crippen molar-refractivity contribution < 1.29 is 9.32 Å². The Bertz CT molecular complexity index is 857. The second-order valence-electron chi connectivity index (χ2n) is 6.40. The second-order valence-corrected chi connectivity index (χ2v) is 6.40. The van der Waals surface area contributed by atoms with Gasteiger partial charge >= 0.3 is 0 Å². The molecule has 0 spiro atoms. The Balaban J connectivity index is 1.58. The molecule has 2 aromatic heterocycles. The number of pyridine rings is 1. The third-order valence-corrected chi connectivity index (χ3v) is 4.59. The lowest BCUT2D eigenvalue weighted by atomic mass is 10.1. The molecule has 1 amide bonds. The van der Waals surface area contributed by atoms with Crippen LogP contribution in [0.1, 0.15) is 35.1 Å². The topological polar surface area (TPSA) is 59.2 Å². The summed E-state index contributed by atoms with van der Waals surface area (Å²) in [5, 5.41) is 4.04. The zero-order valence-corrected chi connectivity index (χ0v) is 14.0. The molecule has 1 aliphatic rings. The normalized spacial score (nSPS) is 14.9. The molecule has 1 aromatic carbocycles. The largest absolute Gasteiger partial charge is 0.350 e. The van der Waals surface area contributed by atoms with Gasteiger partial charge in [-0.1, -0.05) is 41.6 Å². The summed E-state index contributed by atoms with van der Waals surface area (Å²) < 4.78 is 5.33. The number of aromatic nitrogens is 2. The van der Waals surface area contributed by atoms with E-state index in [0.29, 0.717) is 11.6 Å². The van der Waals surface area contributed by atoms with E-state index in [-0.39, 0.29) is 17.7 Å². The van der Waals surface area contributed by atoms with Crippen LogP contribution in [0.15, 0.2) is 65.3 Å². The Labute approximate surface area is 146 Å². The van der Waals surface area contributed by atoms with Crippen molar-refractivity contribution in [3.63, 3.8) is 0 Å². The summed E-state index contributed by atoms with van der Waals surface area (Å²) in [6, 6.07) is 17.2. The van der Waals surface area contributed by atoms with Gasteiger partial charge in [-0.2, -0.15) is 0 Å². The van der Waals surface area contributed by atoms with E-state index in [0.717, 1.165) is 24.1 Å². The first-order valence-corrected chi connectivity index (χ1v) is 8.44. The molecule has 1 saturated carbocycles. The highest BCUT2D eigenvalue weighted by Gasteiger charge is 2.38. The molecule has 0 N–H and O–H groups in total. The van der Waals surface area contributed by atoms with E-state index in [1.165, 1.54) is 0 Å². The number of rotatable bonds is 5. The molecule has 4 rings (SSSR count). The molecule has 25 heavy (non-hydrogen) atoms. The van der Waals surface area contributed by atoms with Gasteiger partial charge in [0.25, 0.3) is 5.91 Å². The third kappa shape index (κ3) is 3.18. The fourth-order valence-corrected chi connectivity index (χ4v) is 3.14. The second kappa shape index (κ2) is 6.51. The molecule has 0 aliphatic heterocycles. The molecule has 1 atom stereocenters. The van der Waals surface area contributed by atoms with Gasteiger partial charge in [-0.3, -0.25) is 9.78 Å². The number of carbonyl (C=O) groups excluding carboxylic acids is 1. The van der Waals surface area contributed by atoms with Crippen LogP contribution in [-0.2, 0) is 0 Å². The maximum absolute atomic E-state index is 12.9. The van der Waals surface area contributed by atoms with Crippen LogP contribution in [0.5, 0.6) is 0 Å². The van der Waals surface area contributed by atoms with E-state index >= 15 is 0 Å². The SMILES string of the molecule is CN(C(=O)c1cc(-c2ccccc2)no1)C(c1ccccn1)C1CC1. The van der Waals surface area contributed by atoms with E-state index in [2.05, 4.69) is 10.1 Å². The molecular weight excluding hydrogens is 314 g/mol. The van der Waals surface area contributed by atoms with E-state index in [1.807, 2.05) is 55.6 Å². The van der Waals surface area contributed by atoms with Gasteiger partial charge < -0.3 is 9.42 Å². The Kier molecular flexibility index (Phi) is 4.06. The highest BCUT2D eigenvalue weighted by Crippen LogP contribution is 2.43. The van der Waals surface area contributed by atoms with Crippen molar-refractivity contribution in [1.82, 2.24) is 15.0 Å². The van der Waals surface area contributed by atoms with Crippen LogP contribution in [0, 0.1) is 5.92 Å². The highest BCUT2D eigenvalue weighted by atomic mass is 16.5. The van der Waals surface area contributed by atoms with E-state index < -0.39 is 0 Å². The van der Waals surface area contributed by atoms with Gasteiger partial charge in [0.2, 0.25) is 5.76 Å². The zero-order chi connectivity index (χ0) is 17.2. The minimum Gasteiger partial charge on any atom is -0.350 e. The number of nitrogens with zero attached hydrogens (tertiary/aromatic N) is 3.